The van der Waals surface area contributed by atoms with Gasteiger partial charge in [-0.15, -0.1) is 0 Å². The Morgan fingerprint density at radius 1 is 1.19 bits per heavy atom. The fraction of sp³-hybridized carbons (Fsp3) is 0.182. The molecule has 0 amide bonds. The summed E-state index contributed by atoms with van der Waals surface area (Å²) in [5, 5.41) is 9.46. The fourth-order valence-electron chi connectivity index (χ4n) is 0.932. The molecule has 1 aromatic rings. The largest absolute Gasteiger partial charge is 0.477 e. The molecular weight excluding hydrogens is 324 g/mol. The zero-order valence-corrected chi connectivity index (χ0v) is 11.1. The maximum atomic E-state index is 11.4. The predicted molar refractivity (Wildman–Crippen MR) is 53.8 cm³/mol. The minimum absolute atomic E-state index is 0.218. The number of carbonyl (C=O) groups excluding carboxylic acids is 1. The van der Waals surface area contributed by atoms with Gasteiger partial charge in [-0.25, -0.2) is 4.79 Å². The van der Waals surface area contributed by atoms with Crippen molar-refractivity contribution in [3.05, 3.63) is 43.4 Å². The van der Waals surface area contributed by atoms with Crippen LogP contribution in [0.3, 0.4) is 0 Å². The lowest BCUT2D eigenvalue weighted by Gasteiger charge is -1.97. The highest BCUT2D eigenvalue weighted by atomic mass is 127. The van der Waals surface area contributed by atoms with Crippen molar-refractivity contribution in [3.63, 3.8) is 0 Å². The summed E-state index contributed by atoms with van der Waals surface area (Å²) >= 11 is -0.802. The molecule has 4 nitrogen and oxygen atoms in total. The molecule has 0 saturated heterocycles. The zero-order valence-electron chi connectivity index (χ0n) is 8.94. The Labute approximate surface area is 104 Å². The van der Waals surface area contributed by atoms with Crippen molar-refractivity contribution < 1.29 is 40.6 Å². The highest BCUT2D eigenvalue weighted by Gasteiger charge is 2.33. The molecule has 0 fully saturated rings. The topological polar surface area (TPSA) is 55.8 Å². The Kier molecular flexibility index (Phi) is 5.10. The third kappa shape index (κ3) is 3.41. The molecule has 0 aliphatic heterocycles. The summed E-state index contributed by atoms with van der Waals surface area (Å²) < 4.78 is 10.5. The van der Waals surface area contributed by atoms with E-state index < -0.39 is 27.2 Å². The van der Waals surface area contributed by atoms with E-state index in [0.29, 0.717) is 0 Å². The van der Waals surface area contributed by atoms with Crippen molar-refractivity contribution in [2.24, 2.45) is 0 Å². The molecule has 1 N–H and O–H groups in total. The number of hydrogen-bond donors (Lipinski definition) is 1. The van der Waals surface area contributed by atoms with E-state index in [1.165, 1.54) is 14.2 Å². The quantitative estimate of drug-likeness (QED) is 0.239. The molecule has 0 aliphatic carbocycles. The normalized spacial score (nSPS) is 11.6. The first-order valence-electron chi connectivity index (χ1n) is 4.44. The van der Waals surface area contributed by atoms with Crippen molar-refractivity contribution in [2.45, 2.75) is 0 Å². The number of ether oxygens (including phenoxy) is 2. The lowest BCUT2D eigenvalue weighted by Crippen LogP contribution is -3.61. The van der Waals surface area contributed by atoms with Crippen LogP contribution < -0.4 is 21.2 Å². The van der Waals surface area contributed by atoms with Gasteiger partial charge in [0.1, 0.15) is 0 Å². The molecular formula is C11H12IO4+. The average Bonchev–Trinajstić information content (AvgIpc) is 2.35. The molecule has 0 atom stereocenters. The van der Waals surface area contributed by atoms with Crippen LogP contribution in [0.5, 0.6) is 0 Å². The van der Waals surface area contributed by atoms with Crippen molar-refractivity contribution in [1.29, 1.82) is 0 Å². The molecule has 0 spiro atoms. The second-order valence-electron chi connectivity index (χ2n) is 2.70. The SMILES string of the molecule is COC(=O)/[13C]([I+]c1ccccc1)=C(\O)OC. The minimum atomic E-state index is -0.802. The van der Waals surface area contributed by atoms with E-state index in [1.807, 2.05) is 30.3 Å². The molecule has 0 unspecified atom stereocenters. The Bertz CT molecular complexity index is 386. The average molecular weight is 336 g/mol. The maximum absolute atomic E-state index is 11.4. The first-order valence-corrected chi connectivity index (χ1v) is 6.60. The van der Waals surface area contributed by atoms with Crippen molar-refractivity contribution in [3.8, 4) is 0 Å². The van der Waals surface area contributed by atoms with Gasteiger partial charge in [-0.3, -0.25) is 0 Å². The number of methoxy groups -OCH3 is 2. The second-order valence-corrected chi connectivity index (χ2v) is 5.57. The van der Waals surface area contributed by atoms with Crippen LogP contribution in [0.4, 0.5) is 0 Å². The Hall–Kier alpha value is -1.24. The Balaban J connectivity index is 2.93. The molecule has 1 rings (SSSR count). The van der Waals surface area contributed by atoms with Gasteiger partial charge in [0, 0.05) is 0 Å². The number of aliphatic hydroxyl groups is 1. The molecule has 0 bridgehead atoms. The van der Waals surface area contributed by atoms with Gasteiger partial charge in [-0.1, -0.05) is 18.2 Å². The zero-order chi connectivity index (χ0) is 12.0. The Morgan fingerprint density at radius 3 is 2.31 bits per heavy atom. The summed E-state index contributed by atoms with van der Waals surface area (Å²) in [7, 11) is 2.59. The third-order valence-corrected chi connectivity index (χ3v) is 4.47. The van der Waals surface area contributed by atoms with Crippen molar-refractivity contribution in [1.82, 2.24) is 0 Å². The summed E-state index contributed by atoms with van der Waals surface area (Å²) in [6.45, 7) is 0. The van der Waals surface area contributed by atoms with Crippen LogP contribution in [-0.4, -0.2) is 25.3 Å². The number of carbonyl (C=O) groups is 1. The second kappa shape index (κ2) is 6.37. The van der Waals surface area contributed by atoms with Crippen LogP contribution in [0.2, 0.25) is 0 Å². The summed E-state index contributed by atoms with van der Waals surface area (Å²) in [4.78, 5) is 11.4. The van der Waals surface area contributed by atoms with Crippen LogP contribution in [0.15, 0.2) is 39.9 Å². The van der Waals surface area contributed by atoms with Gasteiger partial charge in [-0.2, -0.15) is 0 Å². The molecule has 0 heterocycles. The van der Waals surface area contributed by atoms with Gasteiger partial charge >= 0.3 is 36.7 Å². The van der Waals surface area contributed by atoms with Gasteiger partial charge in [0.25, 0.3) is 0 Å². The van der Waals surface area contributed by atoms with Crippen LogP contribution in [0.25, 0.3) is 0 Å². The maximum Gasteiger partial charge on any atom is 0.392 e. The number of benzene rings is 1. The monoisotopic (exact) mass is 336 g/mol. The van der Waals surface area contributed by atoms with Crippen molar-refractivity contribution in [2.75, 3.05) is 14.2 Å². The predicted octanol–water partition coefficient (Wildman–Crippen LogP) is -1.51. The number of hydrogen-bond acceptors (Lipinski definition) is 4. The van der Waals surface area contributed by atoms with Gasteiger partial charge < -0.3 is 14.6 Å². The van der Waals surface area contributed by atoms with Gasteiger partial charge in [0.15, 0.2) is 3.57 Å². The van der Waals surface area contributed by atoms with E-state index in [4.69, 9.17) is 0 Å². The minimum Gasteiger partial charge on any atom is -0.477 e. The van der Waals surface area contributed by atoms with E-state index in [9.17, 15) is 9.90 Å². The van der Waals surface area contributed by atoms with Gasteiger partial charge in [0.2, 0.25) is 0 Å². The molecule has 16 heavy (non-hydrogen) atoms. The van der Waals surface area contributed by atoms with E-state index in [1.54, 1.807) is 0 Å². The van der Waals surface area contributed by atoms with E-state index in [-0.39, 0.29) is 9.53 Å². The summed E-state index contributed by atoms with van der Waals surface area (Å²) in [6, 6.07) is 9.46. The highest BCUT2D eigenvalue weighted by Crippen LogP contribution is 1.94. The van der Waals surface area contributed by atoms with Crippen LogP contribution in [0.1, 0.15) is 0 Å². The van der Waals surface area contributed by atoms with Gasteiger partial charge in [0.05, 0.1) is 14.2 Å². The molecule has 0 aliphatic rings. The molecule has 0 saturated carbocycles. The van der Waals surface area contributed by atoms with E-state index in [0.717, 1.165) is 3.57 Å². The van der Waals surface area contributed by atoms with Crippen LogP contribution in [-0.2, 0) is 14.3 Å². The number of esters is 1. The van der Waals surface area contributed by atoms with Crippen molar-refractivity contribution >= 4 is 5.97 Å². The summed E-state index contributed by atoms with van der Waals surface area (Å²) in [5.41, 5.74) is 0. The standard InChI is InChI=1S/C11H11IO4/c1-15-10(13)9(11(14)16-2)12-8-6-4-3-5-7-8/h3-7H,1-2H3/p+1/i9+1. The highest BCUT2D eigenvalue weighted by molar-refractivity contribution is 5.85. The van der Waals surface area contributed by atoms with E-state index in [2.05, 4.69) is 9.47 Å². The number of halogens is 1. The molecule has 0 aromatic heterocycles. The van der Waals surface area contributed by atoms with E-state index >= 15 is 0 Å². The van der Waals surface area contributed by atoms with Crippen LogP contribution in [0, 0.1) is 3.57 Å². The molecule has 86 valence electrons. The third-order valence-electron chi connectivity index (χ3n) is 1.68. The Morgan fingerprint density at radius 2 is 1.81 bits per heavy atom. The lowest BCUT2D eigenvalue weighted by atomic mass is 10.4. The van der Waals surface area contributed by atoms with Gasteiger partial charge in [-0.05, 0) is 12.1 Å². The number of aliphatic hydroxyl groups excluding tert-OH is 1. The summed E-state index contributed by atoms with van der Waals surface area (Å²) in [5.74, 6) is -0.903. The summed E-state index contributed by atoms with van der Waals surface area (Å²) in [6.07, 6.45) is 0. The first-order chi connectivity index (χ1) is 7.69. The molecule has 0 radical (unpaired) electrons. The van der Waals surface area contributed by atoms with Crippen LogP contribution >= 0.6 is 0 Å². The fourth-order valence-corrected chi connectivity index (χ4v) is 3.22. The smallest absolute Gasteiger partial charge is 0.392 e. The molecule has 5 heteroatoms. The first kappa shape index (κ1) is 12.8. The molecule has 1 aromatic carbocycles. The number of rotatable bonds is 4. The lowest BCUT2D eigenvalue weighted by molar-refractivity contribution is -0.575.